The van der Waals surface area contributed by atoms with Gasteiger partial charge in [-0.1, -0.05) is 32.0 Å². The molecule has 2 heterocycles. The monoisotopic (exact) mass is 402 g/mol. The molecule has 3 rings (SSSR count). The maximum absolute atomic E-state index is 12.3. The van der Waals surface area contributed by atoms with E-state index in [1.807, 2.05) is 30.1 Å². The Balaban J connectivity index is 1.72. The molecular weight excluding hydrogens is 384 g/mol. The molecule has 2 aromatic rings. The van der Waals surface area contributed by atoms with Gasteiger partial charge < -0.3 is 14.6 Å². The van der Waals surface area contributed by atoms with Gasteiger partial charge in [0.1, 0.15) is 5.69 Å². The van der Waals surface area contributed by atoms with Crippen molar-refractivity contribution < 1.29 is 14.3 Å². The minimum atomic E-state index is -0.556. The summed E-state index contributed by atoms with van der Waals surface area (Å²) < 4.78 is 5.84. The van der Waals surface area contributed by atoms with Gasteiger partial charge in [0.2, 0.25) is 0 Å². The molecule has 1 N–H and O–H groups in total. The number of hydrogen-bond acceptors (Lipinski definition) is 4. The molecule has 0 saturated carbocycles. The van der Waals surface area contributed by atoms with Crippen molar-refractivity contribution >= 4 is 33.4 Å². The van der Waals surface area contributed by atoms with E-state index in [0.717, 1.165) is 15.9 Å². The van der Waals surface area contributed by atoms with Gasteiger partial charge in [-0.25, -0.2) is 4.79 Å². The largest absolute Gasteiger partial charge is 0.453 e. The van der Waals surface area contributed by atoms with E-state index in [1.165, 1.54) is 5.56 Å². The van der Waals surface area contributed by atoms with Crippen LogP contribution in [0.15, 0.2) is 52.8 Å². The Labute approximate surface area is 154 Å². The molecule has 0 unspecified atom stereocenters. The first-order valence-electron chi connectivity index (χ1n) is 7.90. The number of ether oxygens (including phenoxy) is 1. The van der Waals surface area contributed by atoms with E-state index < -0.39 is 5.97 Å². The van der Waals surface area contributed by atoms with E-state index >= 15 is 0 Å². The number of nitrogens with zero attached hydrogens (tertiary/aromatic N) is 1. The lowest BCUT2D eigenvalue weighted by molar-refractivity contribution is -0.117. The Morgan fingerprint density at radius 1 is 1.32 bits per heavy atom. The number of fused-ring (bicyclic) bond motifs is 1. The number of anilines is 1. The molecule has 0 bridgehead atoms. The predicted molar refractivity (Wildman–Crippen MR) is 99.7 cm³/mol. The number of aromatic amines is 1. The van der Waals surface area contributed by atoms with E-state index in [2.05, 4.69) is 40.8 Å². The molecule has 5 nitrogen and oxygen atoms in total. The van der Waals surface area contributed by atoms with Gasteiger partial charge in [0.15, 0.2) is 12.4 Å². The minimum absolute atomic E-state index is 0.248. The molecule has 1 aliphatic heterocycles. The number of rotatable bonds is 4. The third-order valence-corrected chi connectivity index (χ3v) is 4.91. The summed E-state index contributed by atoms with van der Waals surface area (Å²) in [6.07, 6.45) is 3.20. The van der Waals surface area contributed by atoms with Crippen molar-refractivity contribution in [3.63, 3.8) is 0 Å². The molecular formula is C19H19BrN2O3. The molecule has 0 atom stereocenters. The lowest BCUT2D eigenvalue weighted by Gasteiger charge is -2.23. The first-order valence-corrected chi connectivity index (χ1v) is 8.69. The molecule has 0 spiro atoms. The summed E-state index contributed by atoms with van der Waals surface area (Å²) in [5.41, 5.74) is 3.16. The lowest BCUT2D eigenvalue weighted by atomic mass is 9.83. The van der Waals surface area contributed by atoms with Crippen LogP contribution in [0.25, 0.3) is 0 Å². The van der Waals surface area contributed by atoms with E-state index in [-0.39, 0.29) is 17.8 Å². The number of nitrogens with one attached hydrogen (secondary N) is 1. The highest BCUT2D eigenvalue weighted by molar-refractivity contribution is 9.10. The summed E-state index contributed by atoms with van der Waals surface area (Å²) >= 11 is 3.25. The second-order valence-electron chi connectivity index (χ2n) is 6.50. The molecule has 130 valence electrons. The number of likely N-dealkylation sites (N-methyl/N-ethyl adjacent to an activating group) is 1. The van der Waals surface area contributed by atoms with Crippen molar-refractivity contribution in [1.29, 1.82) is 0 Å². The number of esters is 1. The molecule has 0 aliphatic carbocycles. The van der Waals surface area contributed by atoms with E-state index in [4.69, 9.17) is 4.74 Å². The van der Waals surface area contributed by atoms with Crippen molar-refractivity contribution in [2.24, 2.45) is 0 Å². The van der Waals surface area contributed by atoms with Crippen molar-refractivity contribution in [3.8, 4) is 0 Å². The smallest absolute Gasteiger partial charge is 0.355 e. The molecule has 6 heteroatoms. The van der Waals surface area contributed by atoms with Crippen LogP contribution in [-0.2, 0) is 14.9 Å². The Kier molecular flexibility index (Phi) is 4.56. The van der Waals surface area contributed by atoms with Crippen LogP contribution in [0, 0.1) is 0 Å². The van der Waals surface area contributed by atoms with Gasteiger partial charge >= 0.3 is 5.97 Å². The number of carbonyl (C=O) groups excluding carboxylic acids is 2. The van der Waals surface area contributed by atoms with Crippen LogP contribution in [0.3, 0.4) is 0 Å². The first-order chi connectivity index (χ1) is 11.8. The topological polar surface area (TPSA) is 62.4 Å². The van der Waals surface area contributed by atoms with Gasteiger partial charge in [0.05, 0.1) is 0 Å². The highest BCUT2D eigenvalue weighted by Gasteiger charge is 2.38. The van der Waals surface area contributed by atoms with E-state index in [1.54, 1.807) is 18.3 Å². The fraction of sp³-hybridized carbons (Fsp3) is 0.263. The Morgan fingerprint density at radius 3 is 2.68 bits per heavy atom. The summed E-state index contributed by atoms with van der Waals surface area (Å²) in [5, 5.41) is 0. The Hall–Kier alpha value is -2.34. The third-order valence-electron chi connectivity index (χ3n) is 4.45. The number of carbonyl (C=O) groups is 2. The molecule has 0 fully saturated rings. The predicted octanol–water partition coefficient (Wildman–Crippen LogP) is 3.81. The number of halogens is 1. The fourth-order valence-corrected chi connectivity index (χ4v) is 3.50. The summed E-state index contributed by atoms with van der Waals surface area (Å²) in [5.74, 6) is -0.804. The minimum Gasteiger partial charge on any atom is -0.453 e. The maximum atomic E-state index is 12.3. The number of ketones is 1. The molecule has 1 aliphatic rings. The van der Waals surface area contributed by atoms with Crippen LogP contribution in [-0.4, -0.2) is 30.4 Å². The molecule has 1 aromatic heterocycles. The van der Waals surface area contributed by atoms with Gasteiger partial charge in [-0.2, -0.15) is 0 Å². The highest BCUT2D eigenvalue weighted by atomic mass is 79.9. The quantitative estimate of drug-likeness (QED) is 0.623. The van der Waals surface area contributed by atoms with Gasteiger partial charge in [-0.15, -0.1) is 0 Å². The fourth-order valence-electron chi connectivity index (χ4n) is 3.15. The standard InChI is InChI=1S/C19H19BrN2O3/c1-19(2)14-6-4-5-7-16(14)22(3)17(19)9-13(23)11-25-18(24)15-8-12(20)10-21-15/h4-10,21H,11H2,1-3H3. The number of benzene rings is 1. The van der Waals surface area contributed by atoms with E-state index in [9.17, 15) is 9.59 Å². The normalized spacial score (nSPS) is 16.8. The summed E-state index contributed by atoms with van der Waals surface area (Å²) in [7, 11) is 1.94. The van der Waals surface area contributed by atoms with Crippen LogP contribution in [0.4, 0.5) is 5.69 Å². The van der Waals surface area contributed by atoms with Crippen molar-refractivity contribution in [2.75, 3.05) is 18.6 Å². The van der Waals surface area contributed by atoms with Crippen LogP contribution < -0.4 is 4.90 Å². The van der Waals surface area contributed by atoms with Crippen LogP contribution >= 0.6 is 15.9 Å². The number of aromatic nitrogens is 1. The Morgan fingerprint density at radius 2 is 2.04 bits per heavy atom. The maximum Gasteiger partial charge on any atom is 0.355 e. The molecule has 1 aromatic carbocycles. The highest BCUT2D eigenvalue weighted by Crippen LogP contribution is 2.46. The molecule has 0 radical (unpaired) electrons. The number of H-pyrrole nitrogens is 1. The summed E-state index contributed by atoms with van der Waals surface area (Å²) in [6, 6.07) is 9.68. The average molecular weight is 403 g/mol. The van der Waals surface area contributed by atoms with Gasteiger partial charge in [-0.3, -0.25) is 4.79 Å². The third kappa shape index (κ3) is 3.26. The number of para-hydroxylation sites is 1. The Bertz CT molecular complexity index is 867. The summed E-state index contributed by atoms with van der Waals surface area (Å²) in [4.78, 5) is 29.0. The molecule has 25 heavy (non-hydrogen) atoms. The van der Waals surface area contributed by atoms with Gasteiger partial charge in [0, 0.05) is 40.6 Å². The van der Waals surface area contributed by atoms with Crippen LogP contribution in [0.2, 0.25) is 0 Å². The average Bonchev–Trinajstić information content (AvgIpc) is 3.09. The van der Waals surface area contributed by atoms with Crippen LogP contribution in [0.5, 0.6) is 0 Å². The van der Waals surface area contributed by atoms with Gasteiger partial charge in [-0.05, 0) is 33.6 Å². The lowest BCUT2D eigenvalue weighted by Crippen LogP contribution is -2.25. The second kappa shape index (κ2) is 6.52. The summed E-state index contributed by atoms with van der Waals surface area (Å²) in [6.45, 7) is 3.87. The zero-order valence-electron chi connectivity index (χ0n) is 14.3. The van der Waals surface area contributed by atoms with E-state index in [0.29, 0.717) is 5.69 Å². The van der Waals surface area contributed by atoms with Crippen molar-refractivity contribution in [3.05, 3.63) is 64.0 Å². The molecule has 0 amide bonds. The SMILES string of the molecule is CN1C(=CC(=O)COC(=O)c2cc(Br)c[nH]2)C(C)(C)c2ccccc21. The van der Waals surface area contributed by atoms with Crippen molar-refractivity contribution in [1.82, 2.24) is 4.98 Å². The number of allylic oxidation sites excluding steroid dienone is 1. The second-order valence-corrected chi connectivity index (χ2v) is 7.42. The zero-order valence-corrected chi connectivity index (χ0v) is 15.9. The van der Waals surface area contributed by atoms with Gasteiger partial charge in [0.25, 0.3) is 0 Å². The molecule has 0 saturated heterocycles. The first kappa shape index (κ1) is 17.5. The van der Waals surface area contributed by atoms with Crippen LogP contribution in [0.1, 0.15) is 29.9 Å². The number of hydrogen-bond donors (Lipinski definition) is 1. The zero-order chi connectivity index (χ0) is 18.2. The van der Waals surface area contributed by atoms with Crippen molar-refractivity contribution in [2.45, 2.75) is 19.3 Å².